The van der Waals surface area contributed by atoms with Crippen molar-refractivity contribution in [2.45, 2.75) is 24.3 Å². The number of aromatic amines is 1. The Balaban J connectivity index is 2.50. The van der Waals surface area contributed by atoms with Crippen LogP contribution >= 0.6 is 12.2 Å². The first-order chi connectivity index (χ1) is 9.24. The van der Waals surface area contributed by atoms with Crippen LogP contribution in [-0.2, 0) is 9.47 Å². The van der Waals surface area contributed by atoms with Gasteiger partial charge < -0.3 is 19.7 Å². The quantitative estimate of drug-likeness (QED) is 0.648. The number of aliphatic hydroxyl groups excluding tert-OH is 2. The van der Waals surface area contributed by atoms with Crippen LogP contribution in [0, 0.1) is 4.64 Å². The molecule has 1 saturated heterocycles. The lowest BCUT2D eigenvalue weighted by atomic mass is 10.1. The number of nitrogens with one attached hydrogen (secondary N) is 1. The van der Waals surface area contributed by atoms with Gasteiger partial charge in [-0.05, 0) is 6.07 Å². The molecular weight excluding hydrogens is 279 g/mol. The summed E-state index contributed by atoms with van der Waals surface area (Å²) >= 11 is 4.73. The molecule has 1 aromatic rings. The molecule has 0 radical (unpaired) electrons. The van der Waals surface area contributed by atoms with Gasteiger partial charge in [-0.1, -0.05) is 12.2 Å². The first-order valence-corrected chi connectivity index (χ1v) is 5.72. The van der Waals surface area contributed by atoms with Gasteiger partial charge >= 0.3 is 5.69 Å². The zero-order valence-electron chi connectivity index (χ0n) is 10.9. The molecule has 0 unspecified atom stereocenters. The van der Waals surface area contributed by atoms with Gasteiger partial charge in [0.25, 0.3) is 5.85 Å². The summed E-state index contributed by atoms with van der Waals surface area (Å²) in [5.74, 6) is -2.80. The SMILES string of the molecule is [2H][C@@]1(n2ccc(=S)[nH]c2=O)O[C@](F)(COC)[C@@H](O)[C@H]1O. The van der Waals surface area contributed by atoms with Gasteiger partial charge in [0.1, 0.15) is 23.5 Å². The Hall–Kier alpha value is -1.13. The lowest BCUT2D eigenvalue weighted by Crippen LogP contribution is -2.42. The van der Waals surface area contributed by atoms with Gasteiger partial charge in [-0.25, -0.2) is 9.18 Å². The average molecular weight is 293 g/mol. The number of methoxy groups -OCH3 is 1. The third-order valence-electron chi connectivity index (χ3n) is 2.67. The van der Waals surface area contributed by atoms with Crippen LogP contribution in [0.1, 0.15) is 7.57 Å². The predicted molar refractivity (Wildman–Crippen MR) is 63.7 cm³/mol. The average Bonchev–Trinajstić information content (AvgIpc) is 2.52. The van der Waals surface area contributed by atoms with Gasteiger partial charge in [0.05, 0.1) is 1.37 Å². The fraction of sp³-hybridized carbons (Fsp3) is 0.600. The van der Waals surface area contributed by atoms with Crippen LogP contribution < -0.4 is 5.69 Å². The minimum absolute atomic E-state index is 0.103. The van der Waals surface area contributed by atoms with Crippen molar-refractivity contribution in [3.05, 3.63) is 27.4 Å². The van der Waals surface area contributed by atoms with E-state index in [1.807, 2.05) is 0 Å². The van der Waals surface area contributed by atoms with Crippen LogP contribution in [0.3, 0.4) is 0 Å². The summed E-state index contributed by atoms with van der Waals surface area (Å²) in [6.07, 6.45) is -5.51. The van der Waals surface area contributed by atoms with E-state index in [0.29, 0.717) is 4.57 Å². The zero-order valence-corrected chi connectivity index (χ0v) is 10.7. The van der Waals surface area contributed by atoms with Crippen LogP contribution in [0.15, 0.2) is 17.1 Å². The molecule has 0 aromatic carbocycles. The summed E-state index contributed by atoms with van der Waals surface area (Å²) in [5, 5.41) is 19.6. The third kappa shape index (κ3) is 2.47. The van der Waals surface area contributed by atoms with E-state index in [1.165, 1.54) is 13.2 Å². The van der Waals surface area contributed by atoms with Gasteiger partial charge in [0, 0.05) is 13.3 Å². The molecular formula is C10H13FN2O5S. The van der Waals surface area contributed by atoms with Crippen molar-refractivity contribution in [3.63, 3.8) is 0 Å². The minimum Gasteiger partial charge on any atom is -0.385 e. The van der Waals surface area contributed by atoms with E-state index in [2.05, 4.69) is 9.72 Å². The number of hydrogen-bond donors (Lipinski definition) is 3. The second-order valence-electron chi connectivity index (χ2n) is 4.03. The Morgan fingerprint density at radius 1 is 1.79 bits per heavy atom. The number of H-pyrrole nitrogens is 1. The smallest absolute Gasteiger partial charge is 0.328 e. The number of alkyl halides is 1. The molecule has 0 aliphatic carbocycles. The zero-order chi connectivity index (χ0) is 15.1. The van der Waals surface area contributed by atoms with Crippen molar-refractivity contribution < 1.29 is 25.4 Å². The lowest BCUT2D eigenvalue weighted by Gasteiger charge is -2.21. The molecule has 3 N–H and O–H groups in total. The van der Waals surface area contributed by atoms with E-state index in [-0.39, 0.29) is 4.64 Å². The first kappa shape index (κ1) is 12.9. The van der Waals surface area contributed by atoms with Crippen molar-refractivity contribution >= 4 is 12.2 Å². The predicted octanol–water partition coefficient (Wildman–Crippen LogP) is -0.531. The van der Waals surface area contributed by atoms with Crippen LogP contribution in [-0.4, -0.2) is 51.5 Å². The van der Waals surface area contributed by atoms with E-state index >= 15 is 0 Å². The second-order valence-corrected chi connectivity index (χ2v) is 4.47. The fourth-order valence-electron chi connectivity index (χ4n) is 1.76. The summed E-state index contributed by atoms with van der Waals surface area (Å²) in [7, 11) is 1.17. The summed E-state index contributed by atoms with van der Waals surface area (Å²) in [4.78, 5) is 14.0. The normalized spacial score (nSPS) is 39.3. The highest BCUT2D eigenvalue weighted by Gasteiger charge is 2.56. The molecule has 2 heterocycles. The Bertz CT molecular complexity index is 624. The molecule has 0 amide bonds. The van der Waals surface area contributed by atoms with Gasteiger partial charge in [-0.15, -0.1) is 0 Å². The van der Waals surface area contributed by atoms with Gasteiger partial charge in [-0.2, -0.15) is 0 Å². The molecule has 0 spiro atoms. The van der Waals surface area contributed by atoms with E-state index in [4.69, 9.17) is 18.3 Å². The number of halogens is 1. The Kier molecular flexibility index (Phi) is 3.46. The number of aromatic nitrogens is 2. The highest BCUT2D eigenvalue weighted by Crippen LogP contribution is 2.37. The Labute approximate surface area is 113 Å². The molecule has 9 heteroatoms. The maximum absolute atomic E-state index is 14.3. The molecule has 4 atom stereocenters. The molecule has 1 fully saturated rings. The monoisotopic (exact) mass is 293 g/mol. The van der Waals surface area contributed by atoms with Crippen molar-refractivity contribution in [2.24, 2.45) is 0 Å². The van der Waals surface area contributed by atoms with Crippen molar-refractivity contribution in [3.8, 4) is 0 Å². The summed E-state index contributed by atoms with van der Waals surface area (Å²) in [5.41, 5.74) is -0.875. The number of nitrogens with zero attached hydrogens (tertiary/aromatic N) is 1. The van der Waals surface area contributed by atoms with E-state index in [0.717, 1.165) is 6.20 Å². The molecule has 2 rings (SSSR count). The van der Waals surface area contributed by atoms with E-state index in [1.54, 1.807) is 0 Å². The van der Waals surface area contributed by atoms with Crippen LogP contribution in [0.2, 0.25) is 0 Å². The van der Waals surface area contributed by atoms with E-state index in [9.17, 15) is 19.4 Å². The van der Waals surface area contributed by atoms with Crippen molar-refractivity contribution in [1.29, 1.82) is 0 Å². The summed E-state index contributed by atoms with van der Waals surface area (Å²) < 4.78 is 32.4. The first-order valence-electron chi connectivity index (χ1n) is 5.81. The largest absolute Gasteiger partial charge is 0.385 e. The highest BCUT2D eigenvalue weighted by atomic mass is 32.1. The van der Waals surface area contributed by atoms with Crippen molar-refractivity contribution in [1.82, 2.24) is 9.55 Å². The molecule has 1 aromatic heterocycles. The third-order valence-corrected chi connectivity index (χ3v) is 2.91. The molecule has 1 aliphatic heterocycles. The Morgan fingerprint density at radius 2 is 2.47 bits per heavy atom. The van der Waals surface area contributed by atoms with Crippen LogP contribution in [0.5, 0.6) is 0 Å². The van der Waals surface area contributed by atoms with Gasteiger partial charge in [-0.3, -0.25) is 9.55 Å². The maximum Gasteiger partial charge on any atom is 0.328 e. The Morgan fingerprint density at radius 3 is 3.05 bits per heavy atom. The van der Waals surface area contributed by atoms with Gasteiger partial charge in [0.15, 0.2) is 6.20 Å². The summed E-state index contributed by atoms with van der Waals surface area (Å²) in [6.45, 7) is -0.705. The molecule has 7 nitrogen and oxygen atoms in total. The number of aliphatic hydroxyl groups is 2. The molecule has 0 saturated carbocycles. The molecule has 19 heavy (non-hydrogen) atoms. The van der Waals surface area contributed by atoms with E-state index < -0.39 is 36.6 Å². The maximum atomic E-state index is 14.3. The summed E-state index contributed by atoms with van der Waals surface area (Å²) in [6, 6.07) is 1.27. The molecule has 1 aliphatic rings. The number of hydrogen-bond acceptors (Lipinski definition) is 6. The van der Waals surface area contributed by atoms with Crippen molar-refractivity contribution in [2.75, 3.05) is 13.7 Å². The standard InChI is InChI=1S/C10H13FN2O5S/c1-17-4-10(11)7(15)6(14)8(18-10)13-3-2-5(19)12-9(13)16/h2-3,6-8,14-15H,4H2,1H3,(H,12,16,19)/t6-,7+,8-,10-/m1/s1/i8D. The second kappa shape index (κ2) is 5.10. The topological polar surface area (TPSA) is 96.7 Å². The highest BCUT2D eigenvalue weighted by molar-refractivity contribution is 7.71. The fourth-order valence-corrected chi connectivity index (χ4v) is 1.91. The molecule has 0 bridgehead atoms. The van der Waals surface area contributed by atoms with Crippen LogP contribution in [0.4, 0.5) is 4.39 Å². The number of rotatable bonds is 3. The van der Waals surface area contributed by atoms with Crippen LogP contribution in [0.25, 0.3) is 0 Å². The number of ether oxygens (including phenoxy) is 2. The van der Waals surface area contributed by atoms with Gasteiger partial charge in [0.2, 0.25) is 0 Å². The molecule has 106 valence electrons. The lowest BCUT2D eigenvalue weighted by molar-refractivity contribution is -0.211. The minimum atomic E-state index is -2.80.